The van der Waals surface area contributed by atoms with Crippen LogP contribution in [0.5, 0.6) is 0 Å². The molecular formula is C18H17NO3. The van der Waals surface area contributed by atoms with Gasteiger partial charge in [-0.2, -0.15) is 0 Å². The summed E-state index contributed by atoms with van der Waals surface area (Å²) in [6.45, 7) is 2.49. The molecule has 0 N–H and O–H groups in total. The van der Waals surface area contributed by atoms with Crippen LogP contribution in [-0.2, 0) is 20.9 Å². The fraction of sp³-hybridized carbons (Fsp3) is 0.222. The molecule has 1 aliphatic heterocycles. The van der Waals surface area contributed by atoms with Gasteiger partial charge in [-0.1, -0.05) is 48.0 Å². The van der Waals surface area contributed by atoms with E-state index in [0.29, 0.717) is 5.90 Å². The van der Waals surface area contributed by atoms with Gasteiger partial charge in [0.25, 0.3) is 0 Å². The summed E-state index contributed by atoms with van der Waals surface area (Å²) in [6, 6.07) is 16.8. The molecule has 1 unspecified atom stereocenters. The molecule has 2 aromatic rings. The maximum absolute atomic E-state index is 12.1. The number of carbonyl (C=O) groups is 1. The number of esters is 1. The molecule has 0 amide bonds. The quantitative estimate of drug-likeness (QED) is 0.815. The molecule has 1 aliphatic rings. The zero-order valence-corrected chi connectivity index (χ0v) is 12.4. The largest absolute Gasteiger partial charge is 0.475 e. The summed E-state index contributed by atoms with van der Waals surface area (Å²) in [5.41, 5.74) is 2.97. The molecule has 0 spiro atoms. The second-order valence-electron chi connectivity index (χ2n) is 5.22. The van der Waals surface area contributed by atoms with Gasteiger partial charge >= 0.3 is 5.97 Å². The Morgan fingerprint density at radius 1 is 1.23 bits per heavy atom. The summed E-state index contributed by atoms with van der Waals surface area (Å²) in [4.78, 5) is 16.4. The minimum atomic E-state index is -0.584. The van der Waals surface area contributed by atoms with Crippen molar-refractivity contribution in [2.45, 2.75) is 19.6 Å². The summed E-state index contributed by atoms with van der Waals surface area (Å²) < 4.78 is 10.8. The number of ether oxygens (including phenoxy) is 2. The number of hydrogen-bond acceptors (Lipinski definition) is 4. The Morgan fingerprint density at radius 3 is 2.82 bits per heavy atom. The molecule has 4 heteroatoms. The molecule has 1 heterocycles. The molecule has 0 aliphatic carbocycles. The van der Waals surface area contributed by atoms with Crippen LogP contribution in [0.1, 0.15) is 16.7 Å². The van der Waals surface area contributed by atoms with Gasteiger partial charge in [0.05, 0.1) is 0 Å². The van der Waals surface area contributed by atoms with Gasteiger partial charge in [0.15, 0.2) is 6.04 Å². The van der Waals surface area contributed by atoms with Crippen molar-refractivity contribution in [3.8, 4) is 0 Å². The Bertz CT molecular complexity index is 694. The van der Waals surface area contributed by atoms with Crippen LogP contribution in [0.2, 0.25) is 0 Å². The second-order valence-corrected chi connectivity index (χ2v) is 5.22. The van der Waals surface area contributed by atoms with E-state index in [1.54, 1.807) is 0 Å². The molecule has 112 valence electrons. The SMILES string of the molecule is Cc1cccc(C2=NC(C(=O)OCc3ccccc3)CO2)c1. The number of rotatable bonds is 4. The van der Waals surface area contributed by atoms with E-state index in [0.717, 1.165) is 16.7 Å². The Labute approximate surface area is 129 Å². The predicted octanol–water partition coefficient (Wildman–Crippen LogP) is 2.88. The molecular weight excluding hydrogens is 278 g/mol. The molecule has 22 heavy (non-hydrogen) atoms. The van der Waals surface area contributed by atoms with Gasteiger partial charge in [0.1, 0.15) is 13.2 Å². The topological polar surface area (TPSA) is 47.9 Å². The van der Waals surface area contributed by atoms with Crippen LogP contribution in [-0.4, -0.2) is 24.5 Å². The van der Waals surface area contributed by atoms with Gasteiger partial charge < -0.3 is 9.47 Å². The van der Waals surface area contributed by atoms with Crippen LogP contribution < -0.4 is 0 Å². The molecule has 0 bridgehead atoms. The smallest absolute Gasteiger partial charge is 0.334 e. The summed E-state index contributed by atoms with van der Waals surface area (Å²) in [7, 11) is 0. The lowest BCUT2D eigenvalue weighted by atomic mass is 10.1. The lowest BCUT2D eigenvalue weighted by Crippen LogP contribution is -2.22. The molecule has 0 aromatic heterocycles. The Morgan fingerprint density at radius 2 is 2.05 bits per heavy atom. The maximum atomic E-state index is 12.1. The van der Waals surface area contributed by atoms with Crippen molar-refractivity contribution in [1.29, 1.82) is 0 Å². The van der Waals surface area contributed by atoms with Crippen molar-refractivity contribution in [2.75, 3.05) is 6.61 Å². The first-order chi connectivity index (χ1) is 10.7. The third-order valence-electron chi connectivity index (χ3n) is 3.41. The summed E-state index contributed by atoms with van der Waals surface area (Å²) in [5, 5.41) is 0. The highest BCUT2D eigenvalue weighted by atomic mass is 16.5. The zero-order valence-electron chi connectivity index (χ0n) is 12.4. The van der Waals surface area contributed by atoms with Crippen molar-refractivity contribution in [3.63, 3.8) is 0 Å². The van der Waals surface area contributed by atoms with Crippen LogP contribution in [0.4, 0.5) is 0 Å². The highest BCUT2D eigenvalue weighted by Crippen LogP contribution is 2.15. The highest BCUT2D eigenvalue weighted by molar-refractivity contribution is 5.97. The normalized spacial score (nSPS) is 16.8. The lowest BCUT2D eigenvalue weighted by molar-refractivity contribution is -0.146. The van der Waals surface area contributed by atoms with E-state index in [-0.39, 0.29) is 19.2 Å². The molecule has 0 saturated carbocycles. The number of benzene rings is 2. The third-order valence-corrected chi connectivity index (χ3v) is 3.41. The van der Waals surface area contributed by atoms with E-state index in [2.05, 4.69) is 4.99 Å². The van der Waals surface area contributed by atoms with E-state index in [9.17, 15) is 4.79 Å². The minimum absolute atomic E-state index is 0.233. The van der Waals surface area contributed by atoms with Gasteiger partial charge in [-0.05, 0) is 24.6 Å². The van der Waals surface area contributed by atoms with Crippen molar-refractivity contribution in [2.24, 2.45) is 4.99 Å². The Hall–Kier alpha value is -2.62. The molecule has 2 aromatic carbocycles. The standard InChI is InChI=1S/C18H17NO3/c1-13-6-5-9-15(10-13)17-19-16(12-21-17)18(20)22-11-14-7-3-2-4-8-14/h2-10,16H,11-12H2,1H3. The van der Waals surface area contributed by atoms with Crippen molar-refractivity contribution >= 4 is 11.9 Å². The van der Waals surface area contributed by atoms with E-state index < -0.39 is 6.04 Å². The van der Waals surface area contributed by atoms with Gasteiger partial charge in [-0.15, -0.1) is 0 Å². The second kappa shape index (κ2) is 6.43. The zero-order chi connectivity index (χ0) is 15.4. The van der Waals surface area contributed by atoms with E-state index >= 15 is 0 Å². The average molecular weight is 295 g/mol. The molecule has 3 rings (SSSR count). The van der Waals surface area contributed by atoms with Crippen LogP contribution in [0.25, 0.3) is 0 Å². The van der Waals surface area contributed by atoms with Gasteiger partial charge in [0.2, 0.25) is 5.90 Å². The number of hydrogen-bond donors (Lipinski definition) is 0. The Kier molecular flexibility index (Phi) is 4.19. The molecule has 0 radical (unpaired) electrons. The van der Waals surface area contributed by atoms with Crippen LogP contribution in [0, 0.1) is 6.92 Å². The van der Waals surface area contributed by atoms with Crippen molar-refractivity contribution in [3.05, 3.63) is 71.3 Å². The Balaban J connectivity index is 1.62. The first-order valence-electron chi connectivity index (χ1n) is 7.20. The maximum Gasteiger partial charge on any atom is 0.334 e. The van der Waals surface area contributed by atoms with Crippen molar-refractivity contribution in [1.82, 2.24) is 0 Å². The molecule has 4 nitrogen and oxygen atoms in total. The van der Waals surface area contributed by atoms with E-state index in [4.69, 9.17) is 9.47 Å². The summed E-state index contributed by atoms with van der Waals surface area (Å²) in [6.07, 6.45) is 0. The number of nitrogens with zero attached hydrogens (tertiary/aromatic N) is 1. The minimum Gasteiger partial charge on any atom is -0.475 e. The lowest BCUT2D eigenvalue weighted by Gasteiger charge is -2.06. The van der Waals surface area contributed by atoms with Gasteiger partial charge in [-0.25, -0.2) is 9.79 Å². The summed E-state index contributed by atoms with van der Waals surface area (Å²) in [5.74, 6) is 0.150. The highest BCUT2D eigenvalue weighted by Gasteiger charge is 2.27. The van der Waals surface area contributed by atoms with E-state index in [1.807, 2.05) is 61.5 Å². The number of aliphatic imine (C=N–C) groups is 1. The first-order valence-corrected chi connectivity index (χ1v) is 7.20. The third kappa shape index (κ3) is 3.34. The molecule has 0 saturated heterocycles. The van der Waals surface area contributed by atoms with Gasteiger partial charge in [0, 0.05) is 5.56 Å². The van der Waals surface area contributed by atoms with Crippen LogP contribution in [0.15, 0.2) is 59.6 Å². The summed E-state index contributed by atoms with van der Waals surface area (Å²) >= 11 is 0. The number of aryl methyl sites for hydroxylation is 1. The molecule has 0 fully saturated rings. The van der Waals surface area contributed by atoms with E-state index in [1.165, 1.54) is 0 Å². The fourth-order valence-electron chi connectivity index (χ4n) is 2.26. The molecule has 1 atom stereocenters. The van der Waals surface area contributed by atoms with Gasteiger partial charge in [-0.3, -0.25) is 0 Å². The average Bonchev–Trinajstić information content (AvgIpc) is 3.04. The fourth-order valence-corrected chi connectivity index (χ4v) is 2.26. The van der Waals surface area contributed by atoms with Crippen LogP contribution in [0.3, 0.4) is 0 Å². The number of carbonyl (C=O) groups excluding carboxylic acids is 1. The monoisotopic (exact) mass is 295 g/mol. The van der Waals surface area contributed by atoms with Crippen molar-refractivity contribution < 1.29 is 14.3 Å². The predicted molar refractivity (Wildman–Crippen MR) is 83.7 cm³/mol. The first kappa shape index (κ1) is 14.3. The van der Waals surface area contributed by atoms with Crippen LogP contribution >= 0.6 is 0 Å².